The van der Waals surface area contributed by atoms with Crippen molar-refractivity contribution in [2.75, 3.05) is 25.1 Å². The largest absolute Gasteiger partial charge is 0.383 e. The van der Waals surface area contributed by atoms with Crippen LogP contribution in [0.3, 0.4) is 0 Å². The molecule has 0 spiro atoms. The predicted molar refractivity (Wildman–Crippen MR) is 71.2 cm³/mol. The lowest BCUT2D eigenvalue weighted by atomic mass is 10.0. The van der Waals surface area contributed by atoms with Crippen LogP contribution in [0, 0.1) is 5.92 Å². The van der Waals surface area contributed by atoms with Crippen LogP contribution in [-0.2, 0) is 4.74 Å². The van der Waals surface area contributed by atoms with Gasteiger partial charge in [0.25, 0.3) is 0 Å². The number of ether oxygens (including phenoxy) is 1. The summed E-state index contributed by atoms with van der Waals surface area (Å²) in [6.45, 7) is 2.66. The monoisotopic (exact) mass is 259 g/mol. The molecule has 1 fully saturated rings. The Morgan fingerprint density at radius 3 is 3.11 bits per heavy atom. The van der Waals surface area contributed by atoms with Gasteiger partial charge in [0.1, 0.15) is 6.33 Å². The number of hydrogen-bond acceptors (Lipinski definition) is 5. The molecule has 0 radical (unpaired) electrons. The first kappa shape index (κ1) is 12.1. The van der Waals surface area contributed by atoms with E-state index in [0.29, 0.717) is 5.92 Å². The molecule has 1 atom stereocenters. The Morgan fingerprint density at radius 2 is 2.32 bits per heavy atom. The van der Waals surface area contributed by atoms with Gasteiger partial charge in [-0.2, -0.15) is 4.68 Å². The fourth-order valence-corrected chi connectivity index (χ4v) is 2.32. The van der Waals surface area contributed by atoms with Crippen molar-refractivity contribution in [1.29, 1.82) is 0 Å². The lowest BCUT2D eigenvalue weighted by Crippen LogP contribution is -2.24. The van der Waals surface area contributed by atoms with Gasteiger partial charge in [0.15, 0.2) is 0 Å². The molecule has 0 amide bonds. The maximum Gasteiger partial charge on any atom is 0.143 e. The Kier molecular flexibility index (Phi) is 3.69. The van der Waals surface area contributed by atoms with Crippen LogP contribution in [0.4, 0.5) is 5.69 Å². The van der Waals surface area contributed by atoms with Gasteiger partial charge in [-0.25, -0.2) is 0 Å². The summed E-state index contributed by atoms with van der Waals surface area (Å²) in [5.41, 5.74) is 2.00. The standard InChI is InChI=1S/C13H17N5O/c1-2-6-13(18-10-15-16-17-18)12(5-1)14-8-11-4-3-7-19-9-11/h1-2,5-6,10-11,14H,3-4,7-9H2. The lowest BCUT2D eigenvalue weighted by molar-refractivity contribution is 0.0595. The number of tetrazole rings is 1. The van der Waals surface area contributed by atoms with Crippen molar-refractivity contribution in [3.63, 3.8) is 0 Å². The first-order valence-electron chi connectivity index (χ1n) is 6.57. The van der Waals surface area contributed by atoms with E-state index < -0.39 is 0 Å². The zero-order valence-corrected chi connectivity index (χ0v) is 10.7. The highest BCUT2D eigenvalue weighted by Gasteiger charge is 2.14. The average molecular weight is 259 g/mol. The number of anilines is 1. The minimum absolute atomic E-state index is 0.579. The summed E-state index contributed by atoms with van der Waals surface area (Å²) in [6, 6.07) is 8.02. The van der Waals surface area contributed by atoms with E-state index in [4.69, 9.17) is 4.74 Å². The molecule has 1 saturated heterocycles. The Bertz CT molecular complexity index is 508. The summed E-state index contributed by atoms with van der Waals surface area (Å²) < 4.78 is 7.16. The molecule has 0 saturated carbocycles. The van der Waals surface area contributed by atoms with Crippen molar-refractivity contribution in [3.05, 3.63) is 30.6 Å². The molecule has 2 aromatic rings. The summed E-state index contributed by atoms with van der Waals surface area (Å²) in [5, 5.41) is 14.8. The molecule has 100 valence electrons. The molecule has 0 aliphatic carbocycles. The number of benzene rings is 1. The molecule has 3 rings (SSSR count). The van der Waals surface area contributed by atoms with Crippen LogP contribution in [-0.4, -0.2) is 40.0 Å². The summed E-state index contributed by atoms with van der Waals surface area (Å²) in [4.78, 5) is 0. The third-order valence-electron chi connectivity index (χ3n) is 3.34. The Balaban J connectivity index is 1.70. The van der Waals surface area contributed by atoms with Crippen LogP contribution >= 0.6 is 0 Å². The van der Waals surface area contributed by atoms with Gasteiger partial charge >= 0.3 is 0 Å². The molecule has 6 nitrogen and oxygen atoms in total. The number of nitrogens with one attached hydrogen (secondary N) is 1. The Labute approximate surface area is 111 Å². The molecule has 1 aliphatic rings. The zero-order chi connectivity index (χ0) is 12.9. The second kappa shape index (κ2) is 5.79. The number of hydrogen-bond donors (Lipinski definition) is 1. The fourth-order valence-electron chi connectivity index (χ4n) is 2.32. The highest BCUT2D eigenvalue weighted by molar-refractivity contribution is 5.60. The molecule has 1 aliphatic heterocycles. The molecule has 2 heterocycles. The van der Waals surface area contributed by atoms with Crippen LogP contribution < -0.4 is 5.32 Å². The minimum atomic E-state index is 0.579. The summed E-state index contributed by atoms with van der Waals surface area (Å²) in [7, 11) is 0. The molecule has 1 N–H and O–H groups in total. The molecule has 6 heteroatoms. The molecular weight excluding hydrogens is 242 g/mol. The second-order valence-corrected chi connectivity index (χ2v) is 4.74. The van der Waals surface area contributed by atoms with Crippen molar-refractivity contribution in [2.45, 2.75) is 12.8 Å². The minimum Gasteiger partial charge on any atom is -0.383 e. The van der Waals surface area contributed by atoms with Crippen molar-refractivity contribution in [2.24, 2.45) is 5.92 Å². The summed E-state index contributed by atoms with van der Waals surface area (Å²) in [5.74, 6) is 0.579. The number of rotatable bonds is 4. The zero-order valence-electron chi connectivity index (χ0n) is 10.7. The number of nitrogens with zero attached hydrogens (tertiary/aromatic N) is 4. The summed E-state index contributed by atoms with van der Waals surface area (Å²) in [6.07, 6.45) is 3.98. The van der Waals surface area contributed by atoms with Gasteiger partial charge < -0.3 is 10.1 Å². The fraction of sp³-hybridized carbons (Fsp3) is 0.462. The van der Waals surface area contributed by atoms with Crippen LogP contribution in [0.1, 0.15) is 12.8 Å². The van der Waals surface area contributed by atoms with Crippen LogP contribution in [0.5, 0.6) is 0 Å². The Hall–Kier alpha value is -1.95. The smallest absolute Gasteiger partial charge is 0.143 e. The average Bonchev–Trinajstić information content (AvgIpc) is 3.01. The van der Waals surface area contributed by atoms with Crippen LogP contribution in [0.2, 0.25) is 0 Å². The van der Waals surface area contributed by atoms with Gasteiger partial charge in [-0.15, -0.1) is 5.10 Å². The van der Waals surface area contributed by atoms with Crippen LogP contribution in [0.15, 0.2) is 30.6 Å². The van der Waals surface area contributed by atoms with Gasteiger partial charge in [0.05, 0.1) is 18.0 Å². The lowest BCUT2D eigenvalue weighted by Gasteiger charge is -2.23. The number of aromatic nitrogens is 4. The van der Waals surface area contributed by atoms with Gasteiger partial charge in [-0.3, -0.25) is 0 Å². The van der Waals surface area contributed by atoms with E-state index in [9.17, 15) is 0 Å². The SMILES string of the molecule is c1ccc(-n2cnnn2)c(NCC2CCCOC2)c1. The maximum absolute atomic E-state index is 5.50. The van der Waals surface area contributed by atoms with E-state index >= 15 is 0 Å². The van der Waals surface area contributed by atoms with Crippen molar-refractivity contribution < 1.29 is 4.74 Å². The third-order valence-corrected chi connectivity index (χ3v) is 3.34. The van der Waals surface area contributed by atoms with Gasteiger partial charge in [0, 0.05) is 13.2 Å². The molecule has 0 bridgehead atoms. The first-order chi connectivity index (χ1) is 9.43. The van der Waals surface area contributed by atoms with Crippen molar-refractivity contribution >= 4 is 5.69 Å². The first-order valence-corrected chi connectivity index (χ1v) is 6.57. The number of para-hydroxylation sites is 2. The Morgan fingerprint density at radius 1 is 1.37 bits per heavy atom. The topological polar surface area (TPSA) is 64.9 Å². The second-order valence-electron chi connectivity index (χ2n) is 4.74. The van der Waals surface area contributed by atoms with Gasteiger partial charge in [-0.1, -0.05) is 12.1 Å². The molecule has 1 aromatic carbocycles. The van der Waals surface area contributed by atoms with E-state index in [1.807, 2.05) is 24.3 Å². The van der Waals surface area contributed by atoms with E-state index in [1.165, 1.54) is 6.42 Å². The van der Waals surface area contributed by atoms with Gasteiger partial charge in [-0.05, 0) is 41.3 Å². The van der Waals surface area contributed by atoms with E-state index in [2.05, 4.69) is 20.8 Å². The van der Waals surface area contributed by atoms with E-state index in [-0.39, 0.29) is 0 Å². The quantitative estimate of drug-likeness (QED) is 0.901. The molecule has 1 unspecified atom stereocenters. The van der Waals surface area contributed by atoms with E-state index in [1.54, 1.807) is 11.0 Å². The van der Waals surface area contributed by atoms with Gasteiger partial charge in [0.2, 0.25) is 0 Å². The van der Waals surface area contributed by atoms with Crippen molar-refractivity contribution in [3.8, 4) is 5.69 Å². The third kappa shape index (κ3) is 2.90. The predicted octanol–water partition coefficient (Wildman–Crippen LogP) is 1.50. The maximum atomic E-state index is 5.50. The summed E-state index contributed by atoms with van der Waals surface area (Å²) >= 11 is 0. The van der Waals surface area contributed by atoms with E-state index in [0.717, 1.165) is 37.6 Å². The van der Waals surface area contributed by atoms with Crippen LogP contribution in [0.25, 0.3) is 5.69 Å². The molecule has 1 aromatic heterocycles. The molecular formula is C13H17N5O. The highest BCUT2D eigenvalue weighted by Crippen LogP contribution is 2.20. The highest BCUT2D eigenvalue weighted by atomic mass is 16.5. The normalized spacial score (nSPS) is 19.3. The molecule has 19 heavy (non-hydrogen) atoms. The van der Waals surface area contributed by atoms with Crippen molar-refractivity contribution in [1.82, 2.24) is 20.2 Å².